The predicted molar refractivity (Wildman–Crippen MR) is 28.9 cm³/mol. The molecule has 0 aromatic carbocycles. The van der Waals surface area contributed by atoms with Crippen LogP contribution in [0.15, 0.2) is 0 Å². The summed E-state index contributed by atoms with van der Waals surface area (Å²) in [5.41, 5.74) is 0. The van der Waals surface area contributed by atoms with Crippen LogP contribution >= 0.6 is 18.1 Å². The first-order valence-corrected chi connectivity index (χ1v) is 3.35. The van der Waals surface area contributed by atoms with E-state index in [9.17, 15) is 4.20 Å². The second-order valence-corrected chi connectivity index (χ2v) is 2.02. The monoisotopic (exact) mass is 112 g/mol. The van der Waals surface area contributed by atoms with E-state index in [2.05, 4.69) is 9.24 Å². The standard InChI is InChI=1S/C2H7FP2/c3-5-2-1-4/h5H,1-2,4H2. The van der Waals surface area contributed by atoms with E-state index in [0.717, 1.165) is 6.16 Å². The maximum Gasteiger partial charge on any atom is 0.0674 e. The Morgan fingerprint density at radius 3 is 2.40 bits per heavy atom. The fourth-order valence-electron chi connectivity index (χ4n) is 0.0546. The summed E-state index contributed by atoms with van der Waals surface area (Å²) in [7, 11) is 2.10. The van der Waals surface area contributed by atoms with Crippen molar-refractivity contribution >= 4 is 18.1 Å². The van der Waals surface area contributed by atoms with Gasteiger partial charge in [-0.15, -0.1) is 9.24 Å². The Morgan fingerprint density at radius 2 is 2.40 bits per heavy atom. The van der Waals surface area contributed by atoms with Crippen LogP contribution in [0.2, 0.25) is 0 Å². The topological polar surface area (TPSA) is 0 Å². The molecule has 0 heterocycles. The van der Waals surface area contributed by atoms with Gasteiger partial charge < -0.3 is 0 Å². The Morgan fingerprint density at radius 1 is 1.80 bits per heavy atom. The molecule has 0 aromatic heterocycles. The average molecular weight is 112 g/mol. The zero-order valence-corrected chi connectivity index (χ0v) is 5.02. The van der Waals surface area contributed by atoms with Crippen LogP contribution < -0.4 is 0 Å². The minimum absolute atomic E-state index is 0.363. The Labute approximate surface area is 35.6 Å². The van der Waals surface area contributed by atoms with E-state index < -0.39 is 0 Å². The van der Waals surface area contributed by atoms with Crippen molar-refractivity contribution in [2.24, 2.45) is 0 Å². The molecule has 0 saturated heterocycles. The highest BCUT2D eigenvalue weighted by molar-refractivity contribution is 7.33. The quantitative estimate of drug-likeness (QED) is 0.474. The molecule has 32 valence electrons. The summed E-state index contributed by atoms with van der Waals surface area (Å²) in [4.78, 5) is 0. The van der Waals surface area contributed by atoms with Crippen molar-refractivity contribution in [1.82, 2.24) is 0 Å². The lowest BCUT2D eigenvalue weighted by Gasteiger charge is -1.76. The van der Waals surface area contributed by atoms with Crippen molar-refractivity contribution in [3.05, 3.63) is 0 Å². The third-order valence-electron chi connectivity index (χ3n) is 0.239. The van der Waals surface area contributed by atoms with Crippen molar-refractivity contribution in [3.63, 3.8) is 0 Å². The molecule has 0 nitrogen and oxygen atoms in total. The highest BCUT2D eigenvalue weighted by atomic mass is 31.1. The summed E-state index contributed by atoms with van der Waals surface area (Å²) < 4.78 is 11.0. The zero-order valence-electron chi connectivity index (χ0n) is 2.87. The molecule has 0 radical (unpaired) electrons. The molecule has 2 unspecified atom stereocenters. The van der Waals surface area contributed by atoms with E-state index in [4.69, 9.17) is 0 Å². The molecule has 0 fully saturated rings. The van der Waals surface area contributed by atoms with Crippen LogP contribution in [0.3, 0.4) is 0 Å². The van der Waals surface area contributed by atoms with Gasteiger partial charge in [0, 0.05) is 0 Å². The van der Waals surface area contributed by atoms with Gasteiger partial charge in [0.1, 0.15) is 0 Å². The third kappa shape index (κ3) is 4.79. The van der Waals surface area contributed by atoms with Gasteiger partial charge >= 0.3 is 0 Å². The number of hydrogen-bond donors (Lipinski definition) is 0. The number of hydrogen-bond acceptors (Lipinski definition) is 0. The number of rotatable bonds is 2. The largest absolute Gasteiger partial charge is 0.231 e. The van der Waals surface area contributed by atoms with Crippen LogP contribution in [-0.2, 0) is 0 Å². The maximum absolute atomic E-state index is 11.0. The van der Waals surface area contributed by atoms with Gasteiger partial charge in [0.25, 0.3) is 0 Å². The van der Waals surface area contributed by atoms with Gasteiger partial charge in [0.05, 0.1) is 8.89 Å². The highest BCUT2D eigenvalue weighted by Crippen LogP contribution is 2.09. The Bertz CT molecular complexity index is 15.1. The van der Waals surface area contributed by atoms with E-state index >= 15 is 0 Å². The molecule has 3 heteroatoms. The molecular formula is C2H7FP2. The smallest absolute Gasteiger partial charge is 0.0674 e. The highest BCUT2D eigenvalue weighted by Gasteiger charge is 1.71. The van der Waals surface area contributed by atoms with Crippen LogP contribution in [0.5, 0.6) is 0 Å². The van der Waals surface area contributed by atoms with Gasteiger partial charge in [0.2, 0.25) is 0 Å². The van der Waals surface area contributed by atoms with Crippen molar-refractivity contribution < 1.29 is 4.20 Å². The molecule has 5 heavy (non-hydrogen) atoms. The Balaban J connectivity index is 2.19. The molecule has 0 N–H and O–H groups in total. The minimum atomic E-state index is -0.363. The SMILES string of the molecule is FPCCP. The van der Waals surface area contributed by atoms with Crippen LogP contribution in [0.1, 0.15) is 0 Å². The molecule has 0 rings (SSSR count). The molecule has 0 aliphatic rings. The molecule has 0 spiro atoms. The fourth-order valence-corrected chi connectivity index (χ4v) is 0.491. The molecule has 2 atom stereocenters. The lowest BCUT2D eigenvalue weighted by Crippen LogP contribution is -1.65. The third-order valence-corrected chi connectivity index (χ3v) is 1.58. The first-order chi connectivity index (χ1) is 2.41. The Hall–Kier alpha value is 0.790. The van der Waals surface area contributed by atoms with Gasteiger partial charge in [0.15, 0.2) is 0 Å². The van der Waals surface area contributed by atoms with E-state index in [1.54, 1.807) is 0 Å². The summed E-state index contributed by atoms with van der Waals surface area (Å²) in [6.45, 7) is 0. The first kappa shape index (κ1) is 5.79. The van der Waals surface area contributed by atoms with E-state index in [1.807, 2.05) is 0 Å². The van der Waals surface area contributed by atoms with E-state index in [-0.39, 0.29) is 8.89 Å². The summed E-state index contributed by atoms with van der Waals surface area (Å²) in [6.07, 6.45) is 1.61. The van der Waals surface area contributed by atoms with Gasteiger partial charge in [-0.25, -0.2) is 4.20 Å². The molecule has 0 aromatic rings. The second-order valence-electron chi connectivity index (χ2n) is 0.672. The maximum atomic E-state index is 11.0. The molecule has 0 saturated carbocycles. The van der Waals surface area contributed by atoms with Crippen LogP contribution in [-0.4, -0.2) is 12.3 Å². The van der Waals surface area contributed by atoms with Gasteiger partial charge in [-0.1, -0.05) is 0 Å². The normalized spacial score (nSPS) is 10.8. The van der Waals surface area contributed by atoms with Crippen molar-refractivity contribution in [2.45, 2.75) is 0 Å². The van der Waals surface area contributed by atoms with Gasteiger partial charge in [-0.3, -0.25) is 0 Å². The Kier molecular flexibility index (Phi) is 5.55. The lowest BCUT2D eigenvalue weighted by molar-refractivity contribution is 0.916. The van der Waals surface area contributed by atoms with E-state index in [1.165, 1.54) is 0 Å². The van der Waals surface area contributed by atoms with Crippen LogP contribution in [0.4, 0.5) is 4.20 Å². The summed E-state index contributed by atoms with van der Waals surface area (Å²) in [6, 6.07) is 0. The zero-order chi connectivity index (χ0) is 4.12. The molecule has 0 aliphatic carbocycles. The molecule has 0 amide bonds. The van der Waals surface area contributed by atoms with Crippen LogP contribution in [0.25, 0.3) is 0 Å². The van der Waals surface area contributed by atoms with Crippen molar-refractivity contribution in [3.8, 4) is 0 Å². The van der Waals surface area contributed by atoms with Gasteiger partial charge in [-0.2, -0.15) is 0 Å². The van der Waals surface area contributed by atoms with Crippen molar-refractivity contribution in [2.75, 3.05) is 12.3 Å². The molecule has 0 bridgehead atoms. The minimum Gasteiger partial charge on any atom is -0.231 e. The lowest BCUT2D eigenvalue weighted by atomic mass is 11.0. The fraction of sp³-hybridized carbons (Fsp3) is 1.00. The number of halogens is 1. The average Bonchev–Trinajstić information content (AvgIpc) is 1.41. The van der Waals surface area contributed by atoms with Gasteiger partial charge in [-0.05, 0) is 12.3 Å². The summed E-state index contributed by atoms with van der Waals surface area (Å²) in [5, 5.41) is 0. The predicted octanol–water partition coefficient (Wildman–Crippen LogP) is 1.42. The summed E-state index contributed by atoms with van der Waals surface area (Å²) >= 11 is 0. The second kappa shape index (κ2) is 4.79. The first-order valence-electron chi connectivity index (χ1n) is 1.45. The molecular weight excluding hydrogens is 105 g/mol. The van der Waals surface area contributed by atoms with Crippen LogP contribution in [0, 0.1) is 0 Å². The molecule has 0 aliphatic heterocycles. The summed E-state index contributed by atoms with van der Waals surface area (Å²) in [5.74, 6) is 0. The van der Waals surface area contributed by atoms with Crippen molar-refractivity contribution in [1.29, 1.82) is 0 Å². The van der Waals surface area contributed by atoms with E-state index in [0.29, 0.717) is 6.16 Å².